The summed E-state index contributed by atoms with van der Waals surface area (Å²) in [6, 6.07) is 5.84. The molecule has 1 unspecified atom stereocenters. The molecule has 106 valence electrons. The molecule has 0 saturated carbocycles. The average molecular weight is 290 g/mol. The number of carbonyl (C=O) groups is 1. The molecule has 0 aliphatic rings. The lowest BCUT2D eigenvalue weighted by Crippen LogP contribution is -2.33. The summed E-state index contributed by atoms with van der Waals surface area (Å²) in [5.74, 6) is 0.756. The van der Waals surface area contributed by atoms with E-state index >= 15 is 0 Å². The first-order chi connectivity index (χ1) is 9.67. The van der Waals surface area contributed by atoms with E-state index in [0.717, 1.165) is 23.1 Å². The molecule has 2 heterocycles. The van der Waals surface area contributed by atoms with Crippen molar-refractivity contribution in [2.24, 2.45) is 0 Å². The van der Waals surface area contributed by atoms with E-state index in [0.29, 0.717) is 6.42 Å². The predicted molar refractivity (Wildman–Crippen MR) is 81.2 cm³/mol. The normalized spacial score (nSPS) is 11.9. The van der Waals surface area contributed by atoms with Gasteiger partial charge in [-0.3, -0.25) is 4.79 Å². The number of rotatable bonds is 6. The van der Waals surface area contributed by atoms with Gasteiger partial charge >= 0.3 is 0 Å². The molecule has 0 aliphatic carbocycles. The van der Waals surface area contributed by atoms with E-state index in [-0.39, 0.29) is 11.9 Å². The van der Waals surface area contributed by atoms with E-state index in [1.54, 1.807) is 6.20 Å². The summed E-state index contributed by atoms with van der Waals surface area (Å²) < 4.78 is 0. The smallest absolute Gasteiger partial charge is 0.226 e. The monoisotopic (exact) mass is 290 g/mol. The third-order valence-electron chi connectivity index (χ3n) is 2.81. The standard InChI is InChI=1S/C14H18N4OS/c1-3-10(2)16-13(19)8-11-9-20-14(17-11)18-12-6-4-5-7-15-12/h4-7,9-10H,3,8H2,1-2H3,(H,16,19)(H,15,17,18). The zero-order valence-corrected chi connectivity index (χ0v) is 12.4. The number of anilines is 2. The molecule has 6 heteroatoms. The first-order valence-corrected chi connectivity index (χ1v) is 7.47. The summed E-state index contributed by atoms with van der Waals surface area (Å²) in [7, 11) is 0. The van der Waals surface area contributed by atoms with Crippen molar-refractivity contribution in [2.45, 2.75) is 32.7 Å². The molecule has 0 aromatic carbocycles. The molecule has 2 aromatic rings. The van der Waals surface area contributed by atoms with Gasteiger partial charge in [-0.2, -0.15) is 0 Å². The molecule has 2 N–H and O–H groups in total. The number of hydrogen-bond donors (Lipinski definition) is 2. The molecule has 1 amide bonds. The highest BCUT2D eigenvalue weighted by atomic mass is 32.1. The number of carbonyl (C=O) groups excluding carboxylic acids is 1. The first kappa shape index (κ1) is 14.5. The largest absolute Gasteiger partial charge is 0.353 e. The van der Waals surface area contributed by atoms with Gasteiger partial charge in [0.25, 0.3) is 0 Å². The van der Waals surface area contributed by atoms with Crippen LogP contribution in [-0.2, 0) is 11.2 Å². The Balaban J connectivity index is 1.91. The number of thiazole rings is 1. The van der Waals surface area contributed by atoms with Crippen LogP contribution in [-0.4, -0.2) is 21.9 Å². The molecule has 0 aliphatic heterocycles. The fourth-order valence-corrected chi connectivity index (χ4v) is 2.30. The summed E-state index contributed by atoms with van der Waals surface area (Å²) in [5.41, 5.74) is 0.772. The highest BCUT2D eigenvalue weighted by Crippen LogP contribution is 2.19. The van der Waals surface area contributed by atoms with Gasteiger partial charge in [-0.25, -0.2) is 9.97 Å². The minimum Gasteiger partial charge on any atom is -0.353 e. The maximum atomic E-state index is 11.8. The lowest BCUT2D eigenvalue weighted by molar-refractivity contribution is -0.121. The molecule has 0 bridgehead atoms. The van der Waals surface area contributed by atoms with Gasteiger partial charge in [0.15, 0.2) is 5.13 Å². The molecular weight excluding hydrogens is 272 g/mol. The SMILES string of the molecule is CCC(C)NC(=O)Cc1csc(Nc2ccccn2)n1. The van der Waals surface area contributed by atoms with Gasteiger partial charge < -0.3 is 10.6 Å². The van der Waals surface area contributed by atoms with Crippen LogP contribution in [0.1, 0.15) is 26.0 Å². The van der Waals surface area contributed by atoms with Crippen LogP contribution in [0.5, 0.6) is 0 Å². The molecule has 2 aromatic heterocycles. The van der Waals surface area contributed by atoms with Crippen molar-refractivity contribution >= 4 is 28.2 Å². The van der Waals surface area contributed by atoms with Gasteiger partial charge in [-0.15, -0.1) is 11.3 Å². The van der Waals surface area contributed by atoms with Crippen molar-refractivity contribution in [1.82, 2.24) is 15.3 Å². The van der Waals surface area contributed by atoms with Gasteiger partial charge in [0.05, 0.1) is 12.1 Å². The second-order valence-corrected chi connectivity index (χ2v) is 5.40. The molecule has 20 heavy (non-hydrogen) atoms. The number of hydrogen-bond acceptors (Lipinski definition) is 5. The lowest BCUT2D eigenvalue weighted by atomic mass is 10.2. The summed E-state index contributed by atoms with van der Waals surface area (Å²) in [6.45, 7) is 4.04. The number of nitrogens with zero attached hydrogens (tertiary/aromatic N) is 2. The Morgan fingerprint density at radius 3 is 3.00 bits per heavy atom. The van der Waals surface area contributed by atoms with E-state index in [2.05, 4.69) is 20.6 Å². The fraction of sp³-hybridized carbons (Fsp3) is 0.357. The first-order valence-electron chi connectivity index (χ1n) is 6.59. The minimum absolute atomic E-state index is 0.00837. The van der Waals surface area contributed by atoms with E-state index < -0.39 is 0 Å². The van der Waals surface area contributed by atoms with Crippen LogP contribution in [0.3, 0.4) is 0 Å². The summed E-state index contributed by atoms with van der Waals surface area (Å²) in [5, 5.41) is 8.68. The maximum absolute atomic E-state index is 11.8. The van der Waals surface area contributed by atoms with Crippen molar-refractivity contribution in [3.05, 3.63) is 35.5 Å². The third kappa shape index (κ3) is 4.31. The molecule has 0 radical (unpaired) electrons. The van der Waals surface area contributed by atoms with Gasteiger partial charge in [0.1, 0.15) is 5.82 Å². The van der Waals surface area contributed by atoms with E-state index in [1.165, 1.54) is 11.3 Å². The van der Waals surface area contributed by atoms with Gasteiger partial charge in [-0.05, 0) is 25.5 Å². The summed E-state index contributed by atoms with van der Waals surface area (Å²) >= 11 is 1.47. The summed E-state index contributed by atoms with van der Waals surface area (Å²) in [4.78, 5) is 20.3. The van der Waals surface area contributed by atoms with Gasteiger partial charge in [0, 0.05) is 17.6 Å². The van der Waals surface area contributed by atoms with Crippen molar-refractivity contribution in [3.63, 3.8) is 0 Å². The molecular formula is C14H18N4OS. The molecule has 0 saturated heterocycles. The molecule has 0 spiro atoms. The Kier molecular flexibility index (Phi) is 5.06. The van der Waals surface area contributed by atoms with Crippen molar-refractivity contribution in [1.29, 1.82) is 0 Å². The molecule has 2 rings (SSSR count). The number of amides is 1. The Labute approximate surface area is 122 Å². The Hall–Kier alpha value is -1.95. The van der Waals surface area contributed by atoms with Crippen LogP contribution < -0.4 is 10.6 Å². The fourth-order valence-electron chi connectivity index (χ4n) is 1.58. The number of aromatic nitrogens is 2. The Morgan fingerprint density at radius 1 is 1.45 bits per heavy atom. The van der Waals surface area contributed by atoms with Crippen LogP contribution in [0.4, 0.5) is 10.9 Å². The third-order valence-corrected chi connectivity index (χ3v) is 3.62. The molecule has 0 fully saturated rings. The lowest BCUT2D eigenvalue weighted by Gasteiger charge is -2.10. The molecule has 1 atom stereocenters. The van der Waals surface area contributed by atoms with Crippen molar-refractivity contribution < 1.29 is 4.79 Å². The van der Waals surface area contributed by atoms with Crippen molar-refractivity contribution in [2.75, 3.05) is 5.32 Å². The predicted octanol–water partition coefficient (Wildman–Crippen LogP) is 2.74. The van der Waals surface area contributed by atoms with Crippen LogP contribution in [0.25, 0.3) is 0 Å². The average Bonchev–Trinajstić information content (AvgIpc) is 2.86. The van der Waals surface area contributed by atoms with E-state index in [4.69, 9.17) is 0 Å². The van der Waals surface area contributed by atoms with Crippen molar-refractivity contribution in [3.8, 4) is 0 Å². The quantitative estimate of drug-likeness (QED) is 0.858. The zero-order chi connectivity index (χ0) is 14.4. The molecule has 5 nitrogen and oxygen atoms in total. The van der Waals surface area contributed by atoms with Gasteiger partial charge in [-0.1, -0.05) is 13.0 Å². The number of pyridine rings is 1. The van der Waals surface area contributed by atoms with Gasteiger partial charge in [0.2, 0.25) is 5.91 Å². The topological polar surface area (TPSA) is 66.9 Å². The second kappa shape index (κ2) is 7.00. The Morgan fingerprint density at radius 2 is 2.30 bits per heavy atom. The highest BCUT2D eigenvalue weighted by Gasteiger charge is 2.09. The number of nitrogens with one attached hydrogen (secondary N) is 2. The zero-order valence-electron chi connectivity index (χ0n) is 11.6. The van der Waals surface area contributed by atoms with Crippen LogP contribution >= 0.6 is 11.3 Å². The highest BCUT2D eigenvalue weighted by molar-refractivity contribution is 7.13. The minimum atomic E-state index is 0.00837. The Bertz CT molecular complexity index is 555. The van der Waals surface area contributed by atoms with Crippen LogP contribution in [0.15, 0.2) is 29.8 Å². The van der Waals surface area contributed by atoms with Crippen LogP contribution in [0, 0.1) is 0 Å². The summed E-state index contributed by atoms with van der Waals surface area (Å²) in [6.07, 6.45) is 2.95. The maximum Gasteiger partial charge on any atom is 0.226 e. The van der Waals surface area contributed by atoms with E-state index in [1.807, 2.05) is 37.4 Å². The second-order valence-electron chi connectivity index (χ2n) is 4.54. The van der Waals surface area contributed by atoms with Crippen LogP contribution in [0.2, 0.25) is 0 Å². The van der Waals surface area contributed by atoms with E-state index in [9.17, 15) is 4.79 Å².